The van der Waals surface area contributed by atoms with Crippen molar-refractivity contribution in [1.82, 2.24) is 0 Å². The van der Waals surface area contributed by atoms with Crippen molar-refractivity contribution in [3.63, 3.8) is 0 Å². The van der Waals surface area contributed by atoms with Gasteiger partial charge in [-0.05, 0) is 22.5 Å². The van der Waals surface area contributed by atoms with E-state index in [1.807, 2.05) is 0 Å². The van der Waals surface area contributed by atoms with Gasteiger partial charge in [0.2, 0.25) is 0 Å². The van der Waals surface area contributed by atoms with E-state index < -0.39 is 0 Å². The van der Waals surface area contributed by atoms with Gasteiger partial charge in [-0.3, -0.25) is 0 Å². The molecule has 0 atom stereocenters. The van der Waals surface area contributed by atoms with Crippen molar-refractivity contribution in [3.05, 3.63) is 23.3 Å². The van der Waals surface area contributed by atoms with Gasteiger partial charge in [0, 0.05) is 21.5 Å². The predicted octanol–water partition coefficient (Wildman–Crippen LogP) is 2.47. The highest BCUT2D eigenvalue weighted by atomic mass is 79.9. The summed E-state index contributed by atoms with van der Waals surface area (Å²) in [5.74, 6) is 4.08. The van der Waals surface area contributed by atoms with Crippen molar-refractivity contribution in [2.24, 2.45) is 0 Å². The highest BCUT2D eigenvalue weighted by molar-refractivity contribution is 9.12. The van der Waals surface area contributed by atoms with Crippen molar-refractivity contribution in [2.45, 2.75) is 6.42 Å². The molecule has 0 unspecified atom stereocenters. The van der Waals surface area contributed by atoms with Crippen molar-refractivity contribution in [2.75, 3.05) is 14.2 Å². The Labute approximate surface area is 103 Å². The summed E-state index contributed by atoms with van der Waals surface area (Å²) in [6, 6.07) is 5.63. The molecule has 0 aliphatic heterocycles. The zero-order valence-electron chi connectivity index (χ0n) is 9.00. The quantitative estimate of drug-likeness (QED) is 0.799. The Bertz CT molecular complexity index is 480. The largest absolute Gasteiger partial charge is 0.493 e. The lowest BCUT2D eigenvalue weighted by Gasteiger charge is -2.10. The van der Waals surface area contributed by atoms with E-state index in [-0.39, 0.29) is 6.42 Å². The van der Waals surface area contributed by atoms with Gasteiger partial charge in [0.15, 0.2) is 11.5 Å². The molecule has 0 bridgehead atoms. The number of methoxy groups -OCH3 is 2. The van der Waals surface area contributed by atoms with Crippen molar-refractivity contribution in [3.8, 4) is 28.3 Å². The van der Waals surface area contributed by atoms with Crippen LogP contribution in [0.2, 0.25) is 0 Å². The van der Waals surface area contributed by atoms with Gasteiger partial charge >= 0.3 is 0 Å². The Hall–Kier alpha value is -1.65. The van der Waals surface area contributed by atoms with E-state index in [1.54, 1.807) is 26.4 Å². The number of nitrogens with zero attached hydrogens (tertiary/aromatic N) is 1. The summed E-state index contributed by atoms with van der Waals surface area (Å²) >= 11 is 3.04. The summed E-state index contributed by atoms with van der Waals surface area (Å²) in [5, 5.41) is 8.72. The van der Waals surface area contributed by atoms with Crippen molar-refractivity contribution in [1.29, 1.82) is 5.26 Å². The maximum Gasteiger partial charge on any atom is 0.161 e. The molecule has 4 heteroatoms. The minimum atomic E-state index is 0.289. The Balaban J connectivity index is 3.34. The zero-order chi connectivity index (χ0) is 12.0. The van der Waals surface area contributed by atoms with Crippen LogP contribution in [0.15, 0.2) is 12.1 Å². The average molecular weight is 280 g/mol. The molecule has 1 aromatic carbocycles. The zero-order valence-corrected chi connectivity index (χ0v) is 10.6. The maximum atomic E-state index is 8.72. The Morgan fingerprint density at radius 3 is 2.38 bits per heavy atom. The monoisotopic (exact) mass is 279 g/mol. The van der Waals surface area contributed by atoms with E-state index in [9.17, 15) is 0 Å². The smallest absolute Gasteiger partial charge is 0.161 e. The second-order valence-corrected chi connectivity index (χ2v) is 3.32. The van der Waals surface area contributed by atoms with Gasteiger partial charge in [-0.1, -0.05) is 5.92 Å². The lowest BCUT2D eigenvalue weighted by atomic mass is 10.0. The molecule has 16 heavy (non-hydrogen) atoms. The topological polar surface area (TPSA) is 42.2 Å². The first-order valence-electron chi connectivity index (χ1n) is 4.50. The van der Waals surface area contributed by atoms with Crippen LogP contribution < -0.4 is 9.47 Å². The first-order chi connectivity index (χ1) is 7.76. The standard InChI is InChI=1S/C12H10BrNO2/c1-15-11-7-9(3-5-13)10(4-6-14)8-12(11)16-2/h7-8H,4H2,1-2H3. The molecule has 3 nitrogen and oxygen atoms in total. The van der Waals surface area contributed by atoms with Crippen LogP contribution in [0.1, 0.15) is 11.1 Å². The average Bonchev–Trinajstić information content (AvgIpc) is 2.31. The number of halogens is 1. The van der Waals surface area contributed by atoms with Crippen molar-refractivity contribution >= 4 is 15.9 Å². The molecule has 0 spiro atoms. The molecule has 0 fully saturated rings. The first-order valence-corrected chi connectivity index (χ1v) is 5.29. The summed E-state index contributed by atoms with van der Waals surface area (Å²) in [7, 11) is 3.12. The van der Waals surface area contributed by atoms with Crippen LogP contribution in [0.5, 0.6) is 11.5 Å². The molecule has 1 aromatic rings. The number of hydrogen-bond acceptors (Lipinski definition) is 3. The minimum absolute atomic E-state index is 0.289. The van der Waals surface area contributed by atoms with E-state index in [0.717, 1.165) is 11.1 Å². The van der Waals surface area contributed by atoms with Gasteiger partial charge < -0.3 is 9.47 Å². The number of nitriles is 1. The van der Waals surface area contributed by atoms with E-state index in [4.69, 9.17) is 14.7 Å². The molecule has 1 rings (SSSR count). The first kappa shape index (κ1) is 12.4. The summed E-state index contributed by atoms with van der Waals surface area (Å²) < 4.78 is 10.3. The van der Waals surface area contributed by atoms with E-state index >= 15 is 0 Å². The minimum Gasteiger partial charge on any atom is -0.493 e. The SMILES string of the molecule is COc1cc(C#CBr)c(CC#N)cc1OC. The molecule has 0 aliphatic carbocycles. The van der Waals surface area contributed by atoms with Gasteiger partial charge in [0.05, 0.1) is 26.7 Å². The van der Waals surface area contributed by atoms with Gasteiger partial charge in [0.25, 0.3) is 0 Å². The third-order valence-electron chi connectivity index (χ3n) is 2.06. The molecule has 0 saturated carbocycles. The van der Waals surface area contributed by atoms with Gasteiger partial charge in [-0.2, -0.15) is 5.26 Å². The molecular weight excluding hydrogens is 270 g/mol. The Morgan fingerprint density at radius 2 is 1.88 bits per heavy atom. The Kier molecular flexibility index (Phi) is 4.69. The lowest BCUT2D eigenvalue weighted by molar-refractivity contribution is 0.354. The fourth-order valence-electron chi connectivity index (χ4n) is 1.32. The van der Waals surface area contributed by atoms with Crippen LogP contribution in [-0.4, -0.2) is 14.2 Å². The molecular formula is C12H10BrNO2. The van der Waals surface area contributed by atoms with Crippen LogP contribution in [0.25, 0.3) is 0 Å². The third-order valence-corrected chi connectivity index (χ3v) is 2.26. The molecule has 0 aliphatic rings. The van der Waals surface area contributed by atoms with Gasteiger partial charge in [0.1, 0.15) is 0 Å². The second-order valence-electron chi connectivity index (χ2n) is 2.92. The molecule has 0 aromatic heterocycles. The highest BCUT2D eigenvalue weighted by Gasteiger charge is 2.09. The third kappa shape index (κ3) is 2.68. The molecule has 0 amide bonds. The van der Waals surface area contributed by atoms with Crippen LogP contribution in [0, 0.1) is 22.1 Å². The van der Waals surface area contributed by atoms with Crippen LogP contribution in [-0.2, 0) is 6.42 Å². The van der Waals surface area contributed by atoms with Crippen LogP contribution >= 0.6 is 15.9 Å². The number of benzene rings is 1. The van der Waals surface area contributed by atoms with Gasteiger partial charge in [-0.15, -0.1) is 0 Å². The molecule has 0 heterocycles. The summed E-state index contributed by atoms with van der Waals surface area (Å²) in [4.78, 5) is 2.63. The number of ether oxygens (including phenoxy) is 2. The highest BCUT2D eigenvalue weighted by Crippen LogP contribution is 2.30. The van der Waals surface area contributed by atoms with Crippen LogP contribution in [0.4, 0.5) is 0 Å². The fourth-order valence-corrected chi connectivity index (χ4v) is 1.53. The van der Waals surface area contributed by atoms with Crippen LogP contribution in [0.3, 0.4) is 0 Å². The summed E-state index contributed by atoms with van der Waals surface area (Å²) in [6.07, 6.45) is 0.289. The normalized spacial score (nSPS) is 8.62. The Morgan fingerprint density at radius 1 is 1.25 bits per heavy atom. The molecule has 0 saturated heterocycles. The molecule has 0 N–H and O–H groups in total. The second kappa shape index (κ2) is 6.05. The summed E-state index contributed by atoms with van der Waals surface area (Å²) in [6.45, 7) is 0. The maximum absolute atomic E-state index is 8.72. The van der Waals surface area contributed by atoms with E-state index in [1.165, 1.54) is 0 Å². The molecule has 82 valence electrons. The van der Waals surface area contributed by atoms with E-state index in [0.29, 0.717) is 11.5 Å². The molecule has 0 radical (unpaired) electrons. The summed E-state index contributed by atoms with van der Waals surface area (Å²) in [5.41, 5.74) is 1.59. The number of rotatable bonds is 3. The fraction of sp³-hybridized carbons (Fsp3) is 0.250. The van der Waals surface area contributed by atoms with Gasteiger partial charge in [-0.25, -0.2) is 0 Å². The number of hydrogen-bond donors (Lipinski definition) is 0. The van der Waals surface area contributed by atoms with E-state index in [2.05, 4.69) is 32.7 Å². The van der Waals surface area contributed by atoms with Crippen molar-refractivity contribution < 1.29 is 9.47 Å². The predicted molar refractivity (Wildman–Crippen MR) is 64.7 cm³/mol. The lowest BCUT2D eigenvalue weighted by Crippen LogP contribution is -1.95.